The zero-order valence-corrected chi connectivity index (χ0v) is 18.2. The molecule has 0 saturated carbocycles. The Hall–Kier alpha value is -3.34. The van der Waals surface area contributed by atoms with E-state index in [0.29, 0.717) is 25.1 Å². The number of hydrogen-bond acceptors (Lipinski definition) is 5. The van der Waals surface area contributed by atoms with Crippen molar-refractivity contribution in [2.24, 2.45) is 4.99 Å². The molecule has 2 aromatic carbocycles. The van der Waals surface area contributed by atoms with Gasteiger partial charge in [0.2, 0.25) is 5.90 Å². The van der Waals surface area contributed by atoms with E-state index in [2.05, 4.69) is 15.6 Å². The van der Waals surface area contributed by atoms with Crippen LogP contribution in [0.25, 0.3) is 0 Å². The molecule has 0 aliphatic carbocycles. The highest BCUT2D eigenvalue weighted by Gasteiger charge is 2.62. The molecule has 2 N–H and O–H groups in total. The second-order valence-corrected chi connectivity index (χ2v) is 7.88. The molecule has 2 aliphatic heterocycles. The van der Waals surface area contributed by atoms with E-state index in [1.54, 1.807) is 6.07 Å². The number of nitrogens with one attached hydrogen (secondary N) is 2. The molecule has 7 nitrogen and oxygen atoms in total. The van der Waals surface area contributed by atoms with Crippen molar-refractivity contribution >= 4 is 17.6 Å². The van der Waals surface area contributed by atoms with Crippen LogP contribution in [0.15, 0.2) is 47.5 Å². The molecule has 2 atom stereocenters. The maximum absolute atomic E-state index is 14.2. The van der Waals surface area contributed by atoms with Gasteiger partial charge in [-0.15, -0.1) is 0 Å². The fraction of sp³-hybridized carbons (Fsp3) is 0.391. The fourth-order valence-corrected chi connectivity index (χ4v) is 3.89. The molecule has 1 fully saturated rings. The Morgan fingerprint density at radius 2 is 2.00 bits per heavy atom. The largest absolute Gasteiger partial charge is 0.497 e. The first kappa shape index (κ1) is 23.8. The Morgan fingerprint density at radius 3 is 2.65 bits per heavy atom. The molecule has 0 aromatic heterocycles. The summed E-state index contributed by atoms with van der Waals surface area (Å²) in [5.41, 5.74) is -2.65. The standard InChI is InChI=1S/C23H23F4N3O4/c1-32-14-8-9-17(16(24)13-14)29-21(31)30-18-6-4-11-28-20(18)34-19-7-3-2-5-15(19)22(10-12-33-22)23(25,26)27/h2-3,5,7-9,13,18H,4,6,10-12H2,1H3,(H2,29,30,31). The monoisotopic (exact) mass is 481 g/mol. The van der Waals surface area contributed by atoms with Crippen molar-refractivity contribution in [3.63, 3.8) is 0 Å². The molecule has 1 saturated heterocycles. The third-order valence-electron chi connectivity index (χ3n) is 5.74. The Labute approximate surface area is 193 Å². The second-order valence-electron chi connectivity index (χ2n) is 7.88. The maximum Gasteiger partial charge on any atom is 0.421 e. The predicted octanol–water partition coefficient (Wildman–Crippen LogP) is 4.77. The number of ether oxygens (including phenoxy) is 3. The van der Waals surface area contributed by atoms with Gasteiger partial charge >= 0.3 is 12.2 Å². The van der Waals surface area contributed by atoms with Gasteiger partial charge in [-0.2, -0.15) is 13.2 Å². The van der Waals surface area contributed by atoms with Crippen LogP contribution in [-0.4, -0.2) is 44.4 Å². The van der Waals surface area contributed by atoms with Crippen LogP contribution in [0.4, 0.5) is 28.0 Å². The Bertz CT molecular complexity index is 1090. The number of amides is 2. The average Bonchev–Trinajstić information content (AvgIpc) is 2.76. The number of carbonyl (C=O) groups is 1. The molecule has 11 heteroatoms. The summed E-state index contributed by atoms with van der Waals surface area (Å²) < 4.78 is 71.4. The van der Waals surface area contributed by atoms with E-state index in [0.717, 1.165) is 6.07 Å². The molecule has 4 rings (SSSR count). The van der Waals surface area contributed by atoms with E-state index in [1.165, 1.54) is 37.4 Å². The number of methoxy groups -OCH3 is 1. The van der Waals surface area contributed by atoms with Gasteiger partial charge in [0.05, 0.1) is 19.4 Å². The molecule has 2 heterocycles. The minimum atomic E-state index is -4.63. The van der Waals surface area contributed by atoms with Gasteiger partial charge in [-0.1, -0.05) is 18.2 Å². The van der Waals surface area contributed by atoms with Crippen molar-refractivity contribution in [1.29, 1.82) is 0 Å². The zero-order valence-electron chi connectivity index (χ0n) is 18.2. The number of para-hydroxylation sites is 1. The van der Waals surface area contributed by atoms with E-state index in [-0.39, 0.29) is 35.9 Å². The number of alkyl halides is 3. The summed E-state index contributed by atoms with van der Waals surface area (Å²) in [5, 5.41) is 5.06. The first-order valence-electron chi connectivity index (χ1n) is 10.7. The van der Waals surface area contributed by atoms with Crippen molar-refractivity contribution in [2.45, 2.75) is 37.1 Å². The van der Waals surface area contributed by atoms with Crippen LogP contribution in [0.3, 0.4) is 0 Å². The van der Waals surface area contributed by atoms with E-state index in [9.17, 15) is 22.4 Å². The molecule has 2 unspecified atom stereocenters. The van der Waals surface area contributed by atoms with Gasteiger partial charge in [0.1, 0.15) is 23.4 Å². The van der Waals surface area contributed by atoms with E-state index in [1.807, 2.05) is 0 Å². The van der Waals surface area contributed by atoms with Crippen molar-refractivity contribution in [3.05, 3.63) is 53.8 Å². The molecule has 2 amide bonds. The molecule has 2 aliphatic rings. The molecular formula is C23H23F4N3O4. The van der Waals surface area contributed by atoms with Gasteiger partial charge in [0.15, 0.2) is 5.60 Å². The number of urea groups is 1. The first-order chi connectivity index (χ1) is 16.2. The highest BCUT2D eigenvalue weighted by Crippen LogP contribution is 2.52. The average molecular weight is 481 g/mol. The molecule has 0 spiro atoms. The molecule has 182 valence electrons. The maximum atomic E-state index is 14.2. The van der Waals surface area contributed by atoms with Gasteiger partial charge in [-0.05, 0) is 31.0 Å². The van der Waals surface area contributed by atoms with Crippen molar-refractivity contribution in [3.8, 4) is 11.5 Å². The highest BCUT2D eigenvalue weighted by atomic mass is 19.4. The van der Waals surface area contributed by atoms with Gasteiger partial charge in [-0.3, -0.25) is 4.99 Å². The Kier molecular flexibility index (Phi) is 6.65. The number of halogens is 4. The summed E-state index contributed by atoms with van der Waals surface area (Å²) in [4.78, 5) is 16.8. The van der Waals surface area contributed by atoms with E-state index >= 15 is 0 Å². The minimum absolute atomic E-state index is 0.0128. The van der Waals surface area contributed by atoms with Crippen LogP contribution in [0.2, 0.25) is 0 Å². The number of nitrogens with zero attached hydrogens (tertiary/aromatic N) is 1. The van der Waals surface area contributed by atoms with Gasteiger partial charge < -0.3 is 24.8 Å². The Balaban J connectivity index is 1.50. The van der Waals surface area contributed by atoms with E-state index < -0.39 is 29.7 Å². The minimum Gasteiger partial charge on any atom is -0.497 e. The lowest BCUT2D eigenvalue weighted by Gasteiger charge is -2.43. The summed E-state index contributed by atoms with van der Waals surface area (Å²) in [6.45, 7) is 0.381. The molecule has 0 radical (unpaired) electrons. The summed E-state index contributed by atoms with van der Waals surface area (Å²) >= 11 is 0. The molecule has 0 bridgehead atoms. The van der Waals surface area contributed by atoms with Gasteiger partial charge in [-0.25, -0.2) is 9.18 Å². The summed E-state index contributed by atoms with van der Waals surface area (Å²) in [6.07, 6.45) is -3.77. The lowest BCUT2D eigenvalue weighted by Crippen LogP contribution is -2.53. The lowest BCUT2D eigenvalue weighted by atomic mass is 9.85. The second kappa shape index (κ2) is 9.49. The van der Waals surface area contributed by atoms with Crippen LogP contribution < -0.4 is 20.1 Å². The number of benzene rings is 2. The molecule has 34 heavy (non-hydrogen) atoms. The van der Waals surface area contributed by atoms with E-state index in [4.69, 9.17) is 14.2 Å². The van der Waals surface area contributed by atoms with Gasteiger partial charge in [0.25, 0.3) is 0 Å². The van der Waals surface area contributed by atoms with Crippen LogP contribution in [0.1, 0.15) is 24.8 Å². The summed E-state index contributed by atoms with van der Waals surface area (Å²) in [5.74, 6) is -0.367. The van der Waals surface area contributed by atoms with Crippen molar-refractivity contribution in [2.75, 3.05) is 25.6 Å². The number of rotatable bonds is 5. The number of hydrogen-bond donors (Lipinski definition) is 2. The van der Waals surface area contributed by atoms with Crippen LogP contribution in [0.5, 0.6) is 11.5 Å². The summed E-state index contributed by atoms with van der Waals surface area (Å²) in [6, 6.07) is 8.29. The quantitative estimate of drug-likeness (QED) is 0.603. The topological polar surface area (TPSA) is 81.2 Å². The fourth-order valence-electron chi connectivity index (χ4n) is 3.89. The SMILES string of the molecule is COc1ccc(NC(=O)NC2CCCN=C2Oc2ccccc2C2(C(F)(F)F)CCO2)c(F)c1. The zero-order chi connectivity index (χ0) is 24.3. The van der Waals surface area contributed by atoms with Crippen LogP contribution in [0, 0.1) is 5.82 Å². The third kappa shape index (κ3) is 4.65. The lowest BCUT2D eigenvalue weighted by molar-refractivity contribution is -0.333. The normalized spacial score (nSPS) is 22.3. The van der Waals surface area contributed by atoms with Crippen LogP contribution >= 0.6 is 0 Å². The molecular weight excluding hydrogens is 458 g/mol. The smallest absolute Gasteiger partial charge is 0.421 e. The summed E-state index contributed by atoms with van der Waals surface area (Å²) in [7, 11) is 1.39. The van der Waals surface area contributed by atoms with Crippen molar-refractivity contribution < 1.29 is 36.6 Å². The Morgan fingerprint density at radius 1 is 1.24 bits per heavy atom. The van der Waals surface area contributed by atoms with Crippen LogP contribution in [-0.2, 0) is 10.3 Å². The predicted molar refractivity (Wildman–Crippen MR) is 116 cm³/mol. The number of anilines is 1. The first-order valence-corrected chi connectivity index (χ1v) is 10.7. The van der Waals surface area contributed by atoms with Crippen molar-refractivity contribution in [1.82, 2.24) is 5.32 Å². The molecule has 2 aromatic rings. The third-order valence-corrected chi connectivity index (χ3v) is 5.74. The number of aliphatic imine (C=N–C) groups is 1. The highest BCUT2D eigenvalue weighted by molar-refractivity contribution is 5.94. The van der Waals surface area contributed by atoms with Gasteiger partial charge in [0, 0.05) is 24.6 Å². The number of carbonyl (C=O) groups excluding carboxylic acids is 1.